The highest BCUT2D eigenvalue weighted by molar-refractivity contribution is 5.91. The number of benzene rings is 1. The number of aliphatic hydroxyl groups excluding tert-OH is 1. The van der Waals surface area contributed by atoms with Crippen molar-refractivity contribution in [3.63, 3.8) is 0 Å². The van der Waals surface area contributed by atoms with E-state index < -0.39 is 0 Å². The summed E-state index contributed by atoms with van der Waals surface area (Å²) in [6, 6.07) is 7.99. The molecule has 5 nitrogen and oxygen atoms in total. The fraction of sp³-hybridized carbons (Fsp3) is 0.571. The van der Waals surface area contributed by atoms with Crippen molar-refractivity contribution in [2.45, 2.75) is 64.1 Å². The summed E-state index contributed by atoms with van der Waals surface area (Å²) in [6.07, 6.45) is 8.22. The number of rotatable bonds is 7. The molecular weight excluding hydrogens is 330 g/mol. The zero-order chi connectivity index (χ0) is 17.9. The third-order valence-corrected chi connectivity index (χ3v) is 5.62. The lowest BCUT2D eigenvalue weighted by Gasteiger charge is -2.31. The number of hydrogen-bond acceptors (Lipinski definition) is 4. The summed E-state index contributed by atoms with van der Waals surface area (Å²) in [5.74, 6) is 1.37. The summed E-state index contributed by atoms with van der Waals surface area (Å²) in [5.41, 5.74) is 1.91. The van der Waals surface area contributed by atoms with E-state index in [2.05, 4.69) is 5.32 Å². The summed E-state index contributed by atoms with van der Waals surface area (Å²) in [4.78, 5) is 12.5. The van der Waals surface area contributed by atoms with Gasteiger partial charge in [0.25, 0.3) is 5.91 Å². The van der Waals surface area contributed by atoms with Gasteiger partial charge in [-0.15, -0.1) is 0 Å². The van der Waals surface area contributed by atoms with Crippen molar-refractivity contribution < 1.29 is 19.4 Å². The molecule has 2 atom stereocenters. The van der Waals surface area contributed by atoms with Gasteiger partial charge in [0.05, 0.1) is 13.2 Å². The Labute approximate surface area is 154 Å². The summed E-state index contributed by atoms with van der Waals surface area (Å²) >= 11 is 0. The average molecular weight is 357 g/mol. The van der Waals surface area contributed by atoms with Crippen LogP contribution in [0, 0.1) is 11.8 Å². The highest BCUT2D eigenvalue weighted by atomic mass is 16.7. The average Bonchev–Trinajstić information content (AvgIpc) is 3.48. The van der Waals surface area contributed by atoms with E-state index in [1.807, 2.05) is 30.3 Å². The van der Waals surface area contributed by atoms with Gasteiger partial charge in [0, 0.05) is 12.5 Å². The number of allylic oxidation sites excluding steroid dienone is 1. The van der Waals surface area contributed by atoms with Gasteiger partial charge in [-0.05, 0) is 61.1 Å². The van der Waals surface area contributed by atoms with Crippen LogP contribution in [-0.2, 0) is 27.5 Å². The monoisotopic (exact) mass is 357 g/mol. The number of aliphatic hydroxyl groups is 1. The number of amides is 1. The van der Waals surface area contributed by atoms with E-state index in [4.69, 9.17) is 14.6 Å². The minimum Gasteiger partial charge on any atom is -0.459 e. The first-order valence-electron chi connectivity index (χ1n) is 9.71. The zero-order valence-corrected chi connectivity index (χ0v) is 15.0. The zero-order valence-electron chi connectivity index (χ0n) is 15.0. The summed E-state index contributed by atoms with van der Waals surface area (Å²) in [6.45, 7) is 0.478. The SMILES string of the molecule is O=C(NC1CCC1)C1=C[C@H](C2CC2)C[C@H](OCc2ccc(CO)cc2)O1. The standard InChI is InChI=1S/C21H27NO4/c23-12-14-4-6-15(7-5-14)13-25-20-11-17(16-8-9-16)10-19(26-20)21(24)22-18-2-1-3-18/h4-7,10,16-18,20,23H,1-3,8-9,11-13H2,(H,22,24)/t17-,20+/m0/s1. The molecule has 3 aliphatic rings. The third kappa shape index (κ3) is 4.27. The summed E-state index contributed by atoms with van der Waals surface area (Å²) < 4.78 is 11.9. The molecular formula is C21H27NO4. The molecule has 2 aliphatic carbocycles. The van der Waals surface area contributed by atoms with E-state index in [-0.39, 0.29) is 18.8 Å². The van der Waals surface area contributed by atoms with E-state index in [9.17, 15) is 4.79 Å². The van der Waals surface area contributed by atoms with E-state index >= 15 is 0 Å². The predicted octanol–water partition coefficient (Wildman–Crippen LogP) is 3.02. The van der Waals surface area contributed by atoms with Crippen molar-refractivity contribution in [2.75, 3.05) is 0 Å². The molecule has 2 fully saturated rings. The molecule has 0 aromatic heterocycles. The van der Waals surface area contributed by atoms with E-state index in [1.54, 1.807) is 0 Å². The number of nitrogens with one attached hydrogen (secondary N) is 1. The quantitative estimate of drug-likeness (QED) is 0.787. The van der Waals surface area contributed by atoms with Crippen LogP contribution < -0.4 is 5.32 Å². The van der Waals surface area contributed by atoms with Crippen molar-refractivity contribution in [1.29, 1.82) is 0 Å². The lowest BCUT2D eigenvalue weighted by molar-refractivity contribution is -0.154. The van der Waals surface area contributed by atoms with Gasteiger partial charge in [-0.3, -0.25) is 4.79 Å². The molecule has 1 aromatic carbocycles. The van der Waals surface area contributed by atoms with Crippen LogP contribution in [0.1, 0.15) is 49.7 Å². The highest BCUT2D eigenvalue weighted by Gasteiger charge is 2.37. The third-order valence-electron chi connectivity index (χ3n) is 5.62. The van der Waals surface area contributed by atoms with Crippen LogP contribution in [0.5, 0.6) is 0 Å². The molecule has 1 heterocycles. The fourth-order valence-corrected chi connectivity index (χ4v) is 3.54. The van der Waals surface area contributed by atoms with Crippen LogP contribution in [0.2, 0.25) is 0 Å². The Balaban J connectivity index is 1.36. The number of ether oxygens (including phenoxy) is 2. The van der Waals surface area contributed by atoms with E-state index in [0.29, 0.717) is 30.2 Å². The molecule has 0 saturated heterocycles. The second-order valence-electron chi connectivity index (χ2n) is 7.70. The van der Waals surface area contributed by atoms with Crippen molar-refractivity contribution in [2.24, 2.45) is 11.8 Å². The molecule has 1 aliphatic heterocycles. The second-order valence-corrected chi connectivity index (χ2v) is 7.70. The van der Waals surface area contributed by atoms with Gasteiger partial charge in [-0.2, -0.15) is 0 Å². The van der Waals surface area contributed by atoms with Crippen molar-refractivity contribution >= 4 is 5.91 Å². The Morgan fingerprint density at radius 3 is 2.50 bits per heavy atom. The number of carbonyl (C=O) groups is 1. The molecule has 26 heavy (non-hydrogen) atoms. The molecule has 4 rings (SSSR count). The van der Waals surface area contributed by atoms with E-state index in [1.165, 1.54) is 19.3 Å². The van der Waals surface area contributed by atoms with Crippen molar-refractivity contribution in [3.8, 4) is 0 Å². The van der Waals surface area contributed by atoms with Crippen LogP contribution in [0.15, 0.2) is 36.1 Å². The van der Waals surface area contributed by atoms with Crippen LogP contribution in [0.25, 0.3) is 0 Å². The molecule has 0 radical (unpaired) electrons. The predicted molar refractivity (Wildman–Crippen MR) is 96.7 cm³/mol. The summed E-state index contributed by atoms with van der Waals surface area (Å²) in [5, 5.41) is 12.2. The Morgan fingerprint density at radius 2 is 1.88 bits per heavy atom. The molecule has 140 valence electrons. The lowest BCUT2D eigenvalue weighted by atomic mass is 9.92. The molecule has 1 amide bonds. The van der Waals surface area contributed by atoms with Gasteiger partial charge < -0.3 is 19.9 Å². The normalized spacial score (nSPS) is 25.8. The van der Waals surface area contributed by atoms with Crippen LogP contribution in [-0.4, -0.2) is 23.3 Å². The van der Waals surface area contributed by atoms with Crippen molar-refractivity contribution in [1.82, 2.24) is 5.32 Å². The maximum Gasteiger partial charge on any atom is 0.286 e. The van der Waals surface area contributed by atoms with Crippen molar-refractivity contribution in [3.05, 3.63) is 47.2 Å². The largest absolute Gasteiger partial charge is 0.459 e. The molecule has 5 heteroatoms. The second kappa shape index (κ2) is 7.80. The number of hydrogen-bond donors (Lipinski definition) is 2. The van der Waals surface area contributed by atoms with Gasteiger partial charge >= 0.3 is 0 Å². The number of carbonyl (C=O) groups excluding carboxylic acids is 1. The van der Waals surface area contributed by atoms with Gasteiger partial charge in [0.15, 0.2) is 5.76 Å². The van der Waals surface area contributed by atoms with Crippen LogP contribution >= 0.6 is 0 Å². The smallest absolute Gasteiger partial charge is 0.286 e. The molecule has 0 spiro atoms. The molecule has 1 aromatic rings. The topological polar surface area (TPSA) is 67.8 Å². The molecule has 0 bridgehead atoms. The highest BCUT2D eigenvalue weighted by Crippen LogP contribution is 2.43. The lowest BCUT2D eigenvalue weighted by Crippen LogP contribution is -2.42. The van der Waals surface area contributed by atoms with Gasteiger partial charge in [-0.25, -0.2) is 0 Å². The Morgan fingerprint density at radius 1 is 1.15 bits per heavy atom. The molecule has 0 unspecified atom stereocenters. The fourth-order valence-electron chi connectivity index (χ4n) is 3.54. The van der Waals surface area contributed by atoms with Gasteiger partial charge in [0.2, 0.25) is 6.29 Å². The first-order chi connectivity index (χ1) is 12.7. The Kier molecular flexibility index (Phi) is 5.27. The minimum atomic E-state index is -0.384. The van der Waals surface area contributed by atoms with E-state index in [0.717, 1.165) is 30.4 Å². The first-order valence-corrected chi connectivity index (χ1v) is 9.71. The Bertz CT molecular complexity index is 661. The summed E-state index contributed by atoms with van der Waals surface area (Å²) in [7, 11) is 0. The van der Waals surface area contributed by atoms with Gasteiger partial charge in [0.1, 0.15) is 0 Å². The maximum absolute atomic E-state index is 12.5. The van der Waals surface area contributed by atoms with Crippen LogP contribution in [0.3, 0.4) is 0 Å². The maximum atomic E-state index is 12.5. The molecule has 2 saturated carbocycles. The minimum absolute atomic E-state index is 0.0419. The first kappa shape index (κ1) is 17.6. The molecule has 2 N–H and O–H groups in total. The van der Waals surface area contributed by atoms with Crippen LogP contribution in [0.4, 0.5) is 0 Å². The van der Waals surface area contributed by atoms with Gasteiger partial charge in [-0.1, -0.05) is 24.3 Å². The Hall–Kier alpha value is -1.85.